The Hall–Kier alpha value is -1.11. The van der Waals surface area contributed by atoms with Crippen LogP contribution in [0, 0.1) is 6.92 Å². The highest BCUT2D eigenvalue weighted by Gasteiger charge is 2.20. The Morgan fingerprint density at radius 3 is 2.59 bits per heavy atom. The first-order valence-electron chi connectivity index (χ1n) is 5.40. The Balaban J connectivity index is 3.05. The van der Waals surface area contributed by atoms with Gasteiger partial charge in [-0.1, -0.05) is 6.92 Å². The average molecular weight is 258 g/mol. The van der Waals surface area contributed by atoms with Gasteiger partial charge in [0, 0.05) is 11.7 Å². The number of nitrogen functional groups attached to an aromatic ring is 1. The third-order valence-electron chi connectivity index (χ3n) is 2.52. The second kappa shape index (κ2) is 5.48. The van der Waals surface area contributed by atoms with Crippen LogP contribution in [0.3, 0.4) is 0 Å². The van der Waals surface area contributed by atoms with Crippen LogP contribution in [0.2, 0.25) is 0 Å². The Labute approximate surface area is 102 Å². The molecule has 1 unspecified atom stereocenters. The minimum Gasteiger partial charge on any atom is -0.399 e. The van der Waals surface area contributed by atoms with Crippen LogP contribution in [-0.4, -0.2) is 26.2 Å². The SMILES string of the molecule is CCC(CO)NS(=O)(=O)c1ccc(N)cc1C. The van der Waals surface area contributed by atoms with Crippen molar-refractivity contribution in [1.29, 1.82) is 0 Å². The highest BCUT2D eigenvalue weighted by Crippen LogP contribution is 2.18. The molecule has 1 aromatic rings. The number of aliphatic hydroxyl groups is 1. The van der Waals surface area contributed by atoms with E-state index in [1.165, 1.54) is 6.07 Å². The van der Waals surface area contributed by atoms with E-state index < -0.39 is 16.1 Å². The normalized spacial score (nSPS) is 13.6. The molecule has 0 aromatic heterocycles. The second-order valence-electron chi connectivity index (χ2n) is 3.93. The van der Waals surface area contributed by atoms with Crippen LogP contribution in [0.5, 0.6) is 0 Å². The molecule has 0 bridgehead atoms. The zero-order valence-electron chi connectivity index (χ0n) is 9.97. The summed E-state index contributed by atoms with van der Waals surface area (Å²) in [6, 6.07) is 4.16. The van der Waals surface area contributed by atoms with Gasteiger partial charge in [-0.2, -0.15) is 0 Å². The Kier molecular flexibility index (Phi) is 4.50. The number of hydrogen-bond acceptors (Lipinski definition) is 4. The number of sulfonamides is 1. The first-order valence-corrected chi connectivity index (χ1v) is 6.88. The predicted octanol–water partition coefficient (Wildman–Crippen LogP) is 0.626. The predicted molar refractivity (Wildman–Crippen MR) is 67.1 cm³/mol. The summed E-state index contributed by atoms with van der Waals surface area (Å²) in [5.41, 5.74) is 6.68. The van der Waals surface area contributed by atoms with Gasteiger partial charge in [-0.3, -0.25) is 0 Å². The first-order chi connectivity index (χ1) is 7.90. The highest BCUT2D eigenvalue weighted by atomic mass is 32.2. The maximum Gasteiger partial charge on any atom is 0.241 e. The number of hydrogen-bond donors (Lipinski definition) is 3. The van der Waals surface area contributed by atoms with Gasteiger partial charge in [-0.05, 0) is 37.1 Å². The van der Waals surface area contributed by atoms with Crippen molar-refractivity contribution in [2.45, 2.75) is 31.2 Å². The lowest BCUT2D eigenvalue weighted by atomic mass is 10.2. The van der Waals surface area contributed by atoms with Gasteiger partial charge in [0.2, 0.25) is 10.0 Å². The zero-order valence-corrected chi connectivity index (χ0v) is 10.8. The third kappa shape index (κ3) is 3.42. The van der Waals surface area contributed by atoms with Gasteiger partial charge in [0.1, 0.15) is 0 Å². The number of nitrogens with two attached hydrogens (primary N) is 1. The molecule has 0 heterocycles. The lowest BCUT2D eigenvalue weighted by Crippen LogP contribution is -2.37. The molecule has 0 aliphatic heterocycles. The summed E-state index contributed by atoms with van der Waals surface area (Å²) >= 11 is 0. The van der Waals surface area contributed by atoms with Crippen LogP contribution in [0.15, 0.2) is 23.1 Å². The molecule has 1 rings (SSSR count). The largest absolute Gasteiger partial charge is 0.399 e. The summed E-state index contributed by atoms with van der Waals surface area (Å²) in [7, 11) is -3.60. The third-order valence-corrected chi connectivity index (χ3v) is 4.20. The molecule has 1 aromatic carbocycles. The highest BCUT2D eigenvalue weighted by molar-refractivity contribution is 7.89. The van der Waals surface area contributed by atoms with E-state index in [0.717, 1.165) is 0 Å². The fourth-order valence-corrected chi connectivity index (χ4v) is 3.04. The molecular formula is C11H18N2O3S. The minimum absolute atomic E-state index is 0.193. The number of benzene rings is 1. The molecule has 0 radical (unpaired) electrons. The molecule has 17 heavy (non-hydrogen) atoms. The maximum absolute atomic E-state index is 12.0. The van der Waals surface area contributed by atoms with Crippen molar-refractivity contribution in [2.75, 3.05) is 12.3 Å². The quantitative estimate of drug-likeness (QED) is 0.675. The van der Waals surface area contributed by atoms with Gasteiger partial charge >= 0.3 is 0 Å². The molecule has 5 nitrogen and oxygen atoms in total. The van der Waals surface area contributed by atoms with Crippen molar-refractivity contribution in [3.8, 4) is 0 Å². The number of aryl methyl sites for hydroxylation is 1. The molecular weight excluding hydrogens is 240 g/mol. The molecule has 0 saturated heterocycles. The van der Waals surface area contributed by atoms with E-state index in [1.54, 1.807) is 26.0 Å². The lowest BCUT2D eigenvalue weighted by Gasteiger charge is -2.15. The van der Waals surface area contributed by atoms with E-state index in [-0.39, 0.29) is 11.5 Å². The van der Waals surface area contributed by atoms with Crippen molar-refractivity contribution in [1.82, 2.24) is 4.72 Å². The zero-order chi connectivity index (χ0) is 13.1. The van der Waals surface area contributed by atoms with E-state index in [2.05, 4.69) is 4.72 Å². The van der Waals surface area contributed by atoms with Crippen LogP contribution >= 0.6 is 0 Å². The number of anilines is 1. The van der Waals surface area contributed by atoms with Crippen molar-refractivity contribution in [3.05, 3.63) is 23.8 Å². The molecule has 0 aliphatic rings. The van der Waals surface area contributed by atoms with Gasteiger partial charge in [-0.15, -0.1) is 0 Å². The fourth-order valence-electron chi connectivity index (χ4n) is 1.51. The summed E-state index contributed by atoms with van der Waals surface area (Å²) in [6.07, 6.45) is 0.531. The summed E-state index contributed by atoms with van der Waals surface area (Å²) < 4.78 is 26.5. The molecule has 6 heteroatoms. The molecule has 4 N–H and O–H groups in total. The topological polar surface area (TPSA) is 92.4 Å². The summed E-state index contributed by atoms with van der Waals surface area (Å²) in [5.74, 6) is 0. The molecule has 96 valence electrons. The molecule has 1 atom stereocenters. The van der Waals surface area contributed by atoms with Crippen LogP contribution in [0.1, 0.15) is 18.9 Å². The van der Waals surface area contributed by atoms with E-state index >= 15 is 0 Å². The summed E-state index contributed by atoms with van der Waals surface area (Å²) in [4.78, 5) is 0.193. The first kappa shape index (κ1) is 14.0. The van der Waals surface area contributed by atoms with Gasteiger partial charge < -0.3 is 10.8 Å². The van der Waals surface area contributed by atoms with Crippen molar-refractivity contribution in [3.63, 3.8) is 0 Å². The number of rotatable bonds is 5. The smallest absolute Gasteiger partial charge is 0.241 e. The van der Waals surface area contributed by atoms with Crippen molar-refractivity contribution < 1.29 is 13.5 Å². The molecule has 0 fully saturated rings. The number of nitrogens with one attached hydrogen (secondary N) is 1. The average Bonchev–Trinajstić information content (AvgIpc) is 2.25. The lowest BCUT2D eigenvalue weighted by molar-refractivity contribution is 0.254. The molecule has 0 saturated carbocycles. The van der Waals surface area contributed by atoms with E-state index in [1.807, 2.05) is 0 Å². The Morgan fingerprint density at radius 1 is 1.47 bits per heavy atom. The van der Waals surface area contributed by atoms with Crippen molar-refractivity contribution >= 4 is 15.7 Å². The molecule has 0 aliphatic carbocycles. The minimum atomic E-state index is -3.60. The Morgan fingerprint density at radius 2 is 2.12 bits per heavy atom. The van der Waals surface area contributed by atoms with E-state index in [0.29, 0.717) is 17.7 Å². The van der Waals surface area contributed by atoms with Gasteiger partial charge in [0.05, 0.1) is 11.5 Å². The summed E-state index contributed by atoms with van der Waals surface area (Å²) in [6.45, 7) is 3.27. The van der Waals surface area contributed by atoms with Gasteiger partial charge in [0.15, 0.2) is 0 Å². The van der Waals surface area contributed by atoms with Crippen LogP contribution in [0.25, 0.3) is 0 Å². The monoisotopic (exact) mass is 258 g/mol. The van der Waals surface area contributed by atoms with Crippen LogP contribution in [-0.2, 0) is 10.0 Å². The second-order valence-corrected chi connectivity index (χ2v) is 5.62. The molecule has 0 spiro atoms. The van der Waals surface area contributed by atoms with Crippen molar-refractivity contribution in [2.24, 2.45) is 0 Å². The number of aliphatic hydroxyl groups excluding tert-OH is 1. The van der Waals surface area contributed by atoms with E-state index in [9.17, 15) is 8.42 Å². The summed E-state index contributed by atoms with van der Waals surface area (Å²) in [5, 5.41) is 9.00. The van der Waals surface area contributed by atoms with Gasteiger partial charge in [-0.25, -0.2) is 13.1 Å². The maximum atomic E-state index is 12.0. The van der Waals surface area contributed by atoms with Gasteiger partial charge in [0.25, 0.3) is 0 Å². The van der Waals surface area contributed by atoms with Crippen LogP contribution < -0.4 is 10.5 Å². The standard InChI is InChI=1S/C11H18N2O3S/c1-3-10(7-14)13-17(15,16)11-5-4-9(12)6-8(11)2/h4-6,10,13-14H,3,7,12H2,1-2H3. The van der Waals surface area contributed by atoms with E-state index in [4.69, 9.17) is 10.8 Å². The molecule has 0 amide bonds. The Bertz CT molecular complexity index is 481. The fraction of sp³-hybridized carbons (Fsp3) is 0.455. The van der Waals surface area contributed by atoms with Crippen LogP contribution in [0.4, 0.5) is 5.69 Å².